The van der Waals surface area contributed by atoms with Gasteiger partial charge in [-0.1, -0.05) is 40.2 Å². The van der Waals surface area contributed by atoms with Crippen LogP contribution in [-0.2, 0) is 6.54 Å². The van der Waals surface area contributed by atoms with Crippen LogP contribution < -0.4 is 10.2 Å². The first-order valence-corrected chi connectivity index (χ1v) is 10.2. The molecule has 4 rings (SSSR count). The molecule has 2 amide bonds. The molecule has 156 valence electrons. The third kappa shape index (κ3) is 4.72. The molecule has 0 saturated heterocycles. The van der Waals surface area contributed by atoms with E-state index in [1.807, 2.05) is 24.3 Å². The van der Waals surface area contributed by atoms with Gasteiger partial charge in [0.25, 0.3) is 11.8 Å². The highest BCUT2D eigenvalue weighted by atomic mass is 79.9. The van der Waals surface area contributed by atoms with Gasteiger partial charge in [-0.05, 0) is 42.0 Å². The highest BCUT2D eigenvalue weighted by molar-refractivity contribution is 9.10. The van der Waals surface area contributed by atoms with Gasteiger partial charge >= 0.3 is 0 Å². The Labute approximate surface area is 186 Å². The summed E-state index contributed by atoms with van der Waals surface area (Å²) in [7, 11) is 1.59. The maximum atomic E-state index is 12.9. The molecule has 0 aliphatic carbocycles. The van der Waals surface area contributed by atoms with Crippen LogP contribution in [-0.4, -0.2) is 33.6 Å². The van der Waals surface area contributed by atoms with E-state index >= 15 is 0 Å². The summed E-state index contributed by atoms with van der Waals surface area (Å²) >= 11 is 3.41. The zero-order valence-electron chi connectivity index (χ0n) is 16.5. The molecule has 0 spiro atoms. The first-order chi connectivity index (χ1) is 15.0. The van der Waals surface area contributed by atoms with Crippen LogP contribution >= 0.6 is 15.9 Å². The number of benzene rings is 2. The number of halogens is 1. The molecular formula is C22H18BrN5O3. The van der Waals surface area contributed by atoms with E-state index in [4.69, 9.17) is 4.42 Å². The Kier molecular flexibility index (Phi) is 5.94. The maximum Gasteiger partial charge on any atom is 0.293 e. The van der Waals surface area contributed by atoms with Crippen molar-refractivity contribution in [1.29, 1.82) is 0 Å². The van der Waals surface area contributed by atoms with Crippen LogP contribution in [0.1, 0.15) is 26.5 Å². The van der Waals surface area contributed by atoms with Gasteiger partial charge in [-0.2, -0.15) is 0 Å². The van der Waals surface area contributed by atoms with Crippen molar-refractivity contribution in [3.63, 3.8) is 0 Å². The minimum absolute atomic E-state index is 0.178. The molecule has 0 aliphatic heterocycles. The molecule has 9 heteroatoms. The van der Waals surface area contributed by atoms with Gasteiger partial charge in [-0.3, -0.25) is 14.9 Å². The predicted molar refractivity (Wildman–Crippen MR) is 119 cm³/mol. The van der Waals surface area contributed by atoms with Crippen molar-refractivity contribution in [1.82, 2.24) is 14.8 Å². The van der Waals surface area contributed by atoms with E-state index in [9.17, 15) is 9.59 Å². The molecule has 0 atom stereocenters. The summed E-state index contributed by atoms with van der Waals surface area (Å²) in [5.74, 6) is -0.416. The van der Waals surface area contributed by atoms with Crippen LogP contribution in [0.4, 0.5) is 11.6 Å². The molecule has 1 N–H and O–H groups in total. The van der Waals surface area contributed by atoms with Crippen molar-refractivity contribution in [2.75, 3.05) is 17.3 Å². The first-order valence-electron chi connectivity index (χ1n) is 9.37. The quantitative estimate of drug-likeness (QED) is 0.446. The lowest BCUT2D eigenvalue weighted by Crippen LogP contribution is -2.28. The van der Waals surface area contributed by atoms with Crippen molar-refractivity contribution in [2.24, 2.45) is 0 Å². The van der Waals surface area contributed by atoms with E-state index in [-0.39, 0.29) is 17.6 Å². The van der Waals surface area contributed by atoms with E-state index in [1.54, 1.807) is 54.5 Å². The smallest absolute Gasteiger partial charge is 0.293 e. The zero-order valence-corrected chi connectivity index (χ0v) is 18.1. The Morgan fingerprint density at radius 2 is 1.87 bits per heavy atom. The van der Waals surface area contributed by atoms with Crippen LogP contribution in [0.3, 0.4) is 0 Å². The third-order valence-corrected chi connectivity index (χ3v) is 5.09. The summed E-state index contributed by atoms with van der Waals surface area (Å²) in [4.78, 5) is 31.0. The van der Waals surface area contributed by atoms with Crippen molar-refractivity contribution in [3.8, 4) is 0 Å². The number of anilines is 2. The maximum absolute atomic E-state index is 12.9. The monoisotopic (exact) mass is 479 g/mol. The van der Waals surface area contributed by atoms with Gasteiger partial charge in [-0.25, -0.2) is 9.67 Å². The Bertz CT molecular complexity index is 1200. The van der Waals surface area contributed by atoms with Crippen molar-refractivity contribution < 1.29 is 14.0 Å². The van der Waals surface area contributed by atoms with Crippen molar-refractivity contribution in [2.45, 2.75) is 6.54 Å². The van der Waals surface area contributed by atoms with Crippen LogP contribution in [0.25, 0.3) is 0 Å². The average molecular weight is 480 g/mol. The second-order valence-electron chi connectivity index (χ2n) is 6.70. The fourth-order valence-electron chi connectivity index (χ4n) is 3.01. The van der Waals surface area contributed by atoms with Gasteiger partial charge in [0.05, 0.1) is 24.1 Å². The molecule has 2 aromatic carbocycles. The number of carbonyl (C=O) groups is 2. The molecule has 4 aromatic rings. The molecule has 0 bridgehead atoms. The largest absolute Gasteiger partial charge is 0.459 e. The minimum atomic E-state index is -0.420. The second-order valence-corrected chi connectivity index (χ2v) is 7.62. The van der Waals surface area contributed by atoms with E-state index in [0.717, 1.165) is 10.0 Å². The number of aromatic nitrogens is 3. The molecule has 0 saturated carbocycles. The van der Waals surface area contributed by atoms with Crippen LogP contribution in [0.5, 0.6) is 0 Å². The molecular weight excluding hydrogens is 462 g/mol. The number of hydrogen-bond acceptors (Lipinski definition) is 5. The summed E-state index contributed by atoms with van der Waals surface area (Å²) < 4.78 is 7.81. The molecule has 2 heterocycles. The summed E-state index contributed by atoms with van der Waals surface area (Å²) in [6, 6.07) is 17.9. The Balaban J connectivity index is 1.49. The van der Waals surface area contributed by atoms with E-state index in [1.165, 1.54) is 11.2 Å². The number of amides is 2. The van der Waals surface area contributed by atoms with E-state index < -0.39 is 5.91 Å². The zero-order chi connectivity index (χ0) is 21.8. The number of carbonyl (C=O) groups excluding carboxylic acids is 2. The van der Waals surface area contributed by atoms with Crippen LogP contribution in [0, 0.1) is 0 Å². The van der Waals surface area contributed by atoms with Crippen molar-refractivity contribution >= 4 is 39.4 Å². The molecule has 0 fully saturated rings. The molecule has 2 aromatic heterocycles. The summed E-state index contributed by atoms with van der Waals surface area (Å²) in [6.07, 6.45) is 2.98. The summed E-state index contributed by atoms with van der Waals surface area (Å²) in [6.45, 7) is 0.521. The lowest BCUT2D eigenvalue weighted by Gasteiger charge is -2.19. The number of nitrogens with one attached hydrogen (secondary N) is 1. The minimum Gasteiger partial charge on any atom is -0.459 e. The van der Waals surface area contributed by atoms with Gasteiger partial charge in [0.2, 0.25) is 5.95 Å². The number of hydrogen-bond donors (Lipinski definition) is 1. The molecule has 0 radical (unpaired) electrons. The topological polar surface area (TPSA) is 93.3 Å². The fraction of sp³-hybridized carbons (Fsp3) is 0.0909. The SMILES string of the molecule is CN(C(=O)c1ccco1)c1ccccc1C(=O)Nc1ncn(Cc2ccc(Br)cc2)n1. The lowest BCUT2D eigenvalue weighted by molar-refractivity contribution is 0.0966. The van der Waals surface area contributed by atoms with Crippen molar-refractivity contribution in [3.05, 3.63) is 94.6 Å². The normalized spacial score (nSPS) is 10.6. The molecule has 0 unspecified atom stereocenters. The highest BCUT2D eigenvalue weighted by Gasteiger charge is 2.21. The molecule has 31 heavy (non-hydrogen) atoms. The Hall–Kier alpha value is -3.72. The van der Waals surface area contributed by atoms with Gasteiger partial charge in [0, 0.05) is 11.5 Å². The lowest BCUT2D eigenvalue weighted by atomic mass is 10.1. The van der Waals surface area contributed by atoms with Gasteiger partial charge < -0.3 is 9.32 Å². The van der Waals surface area contributed by atoms with Gasteiger partial charge in [0.1, 0.15) is 6.33 Å². The Morgan fingerprint density at radius 1 is 1.10 bits per heavy atom. The average Bonchev–Trinajstić information content (AvgIpc) is 3.47. The van der Waals surface area contributed by atoms with Gasteiger partial charge in [-0.15, -0.1) is 5.10 Å². The number of nitrogens with zero attached hydrogens (tertiary/aromatic N) is 4. The molecule has 8 nitrogen and oxygen atoms in total. The first kappa shape index (κ1) is 20.5. The van der Waals surface area contributed by atoms with E-state index in [2.05, 4.69) is 31.3 Å². The second kappa shape index (κ2) is 8.97. The van der Waals surface area contributed by atoms with E-state index in [0.29, 0.717) is 17.8 Å². The van der Waals surface area contributed by atoms with Gasteiger partial charge in [0.15, 0.2) is 5.76 Å². The third-order valence-electron chi connectivity index (χ3n) is 4.57. The number of para-hydroxylation sites is 1. The fourth-order valence-corrected chi connectivity index (χ4v) is 3.27. The number of rotatable bonds is 6. The standard InChI is InChI=1S/C22H18BrN5O3/c1-27(21(30)19-7-4-12-31-19)18-6-3-2-5-17(18)20(29)25-22-24-14-28(26-22)13-15-8-10-16(23)11-9-15/h2-12,14H,13H2,1H3,(H,25,26,29). The van der Waals surface area contributed by atoms with Crippen LogP contribution in [0.15, 0.2) is 82.1 Å². The summed E-state index contributed by atoms with van der Waals surface area (Å²) in [5.41, 5.74) is 1.80. The Morgan fingerprint density at radius 3 is 2.61 bits per heavy atom. The molecule has 0 aliphatic rings. The number of furan rings is 1. The van der Waals surface area contributed by atoms with Crippen LogP contribution in [0.2, 0.25) is 0 Å². The summed E-state index contributed by atoms with van der Waals surface area (Å²) in [5, 5.41) is 7.00. The highest BCUT2D eigenvalue weighted by Crippen LogP contribution is 2.22. The predicted octanol–water partition coefficient (Wildman–Crippen LogP) is 4.21.